The van der Waals surface area contributed by atoms with Gasteiger partial charge in [-0.25, -0.2) is 9.78 Å². The summed E-state index contributed by atoms with van der Waals surface area (Å²) in [5, 5.41) is 11.1. The first-order valence-electron chi connectivity index (χ1n) is 5.39. The fourth-order valence-corrected chi connectivity index (χ4v) is 1.74. The third-order valence-electron chi connectivity index (χ3n) is 2.68. The van der Waals surface area contributed by atoms with Gasteiger partial charge >= 0.3 is 5.97 Å². The summed E-state index contributed by atoms with van der Waals surface area (Å²) in [4.78, 5) is 26.0. The molecule has 0 fully saturated rings. The summed E-state index contributed by atoms with van der Waals surface area (Å²) in [6, 6.07) is 4.16. The lowest BCUT2D eigenvalue weighted by Gasteiger charge is -2.05. The monoisotopic (exact) mass is 261 g/mol. The maximum absolute atomic E-state index is 11.4. The Labute approximate surface area is 108 Å². The standard InChI is InChI=1S/C12H11N3O4/c1-14-6-5-13-11(14)9-4-3-8(12(16)19-2)7-10(9)15(17)18/h3-7H,1-2H3. The zero-order valence-electron chi connectivity index (χ0n) is 10.4. The molecular weight excluding hydrogens is 250 g/mol. The van der Waals surface area contributed by atoms with E-state index in [1.54, 1.807) is 24.0 Å². The summed E-state index contributed by atoms with van der Waals surface area (Å²) in [5.41, 5.74) is 0.300. The van der Waals surface area contributed by atoms with Gasteiger partial charge in [-0.05, 0) is 12.1 Å². The minimum atomic E-state index is -0.616. The zero-order chi connectivity index (χ0) is 14.0. The minimum Gasteiger partial charge on any atom is -0.465 e. The van der Waals surface area contributed by atoms with Crippen molar-refractivity contribution in [3.05, 3.63) is 46.3 Å². The fraction of sp³-hybridized carbons (Fsp3) is 0.167. The van der Waals surface area contributed by atoms with E-state index in [4.69, 9.17) is 0 Å². The Balaban J connectivity index is 2.60. The third-order valence-corrected chi connectivity index (χ3v) is 2.68. The van der Waals surface area contributed by atoms with Crippen LogP contribution < -0.4 is 0 Å². The molecule has 2 rings (SSSR count). The van der Waals surface area contributed by atoms with Crippen molar-refractivity contribution in [2.45, 2.75) is 0 Å². The van der Waals surface area contributed by atoms with Gasteiger partial charge in [-0.3, -0.25) is 10.1 Å². The number of benzene rings is 1. The predicted molar refractivity (Wildman–Crippen MR) is 66.6 cm³/mol. The average molecular weight is 261 g/mol. The van der Waals surface area contributed by atoms with Crippen LogP contribution in [0.15, 0.2) is 30.6 Å². The van der Waals surface area contributed by atoms with Gasteiger partial charge in [0, 0.05) is 25.5 Å². The van der Waals surface area contributed by atoms with Crippen LogP contribution >= 0.6 is 0 Å². The largest absolute Gasteiger partial charge is 0.465 e. The van der Waals surface area contributed by atoms with Crippen molar-refractivity contribution in [2.75, 3.05) is 7.11 Å². The predicted octanol–water partition coefficient (Wildman–Crippen LogP) is 1.78. The number of nitro groups is 1. The van der Waals surface area contributed by atoms with Crippen molar-refractivity contribution in [3.8, 4) is 11.4 Å². The van der Waals surface area contributed by atoms with Gasteiger partial charge in [0.1, 0.15) is 5.82 Å². The van der Waals surface area contributed by atoms with Crippen molar-refractivity contribution in [1.82, 2.24) is 9.55 Å². The molecule has 0 aliphatic rings. The number of hydrogen-bond donors (Lipinski definition) is 0. The number of carbonyl (C=O) groups excluding carboxylic acids is 1. The number of esters is 1. The first kappa shape index (κ1) is 12.7. The molecule has 0 amide bonds. The topological polar surface area (TPSA) is 87.3 Å². The van der Waals surface area contributed by atoms with Gasteiger partial charge in [0.25, 0.3) is 5.69 Å². The van der Waals surface area contributed by atoms with Gasteiger partial charge < -0.3 is 9.30 Å². The Hall–Kier alpha value is -2.70. The fourth-order valence-electron chi connectivity index (χ4n) is 1.74. The van der Waals surface area contributed by atoms with Crippen LogP contribution in [0.25, 0.3) is 11.4 Å². The number of ether oxygens (including phenoxy) is 1. The van der Waals surface area contributed by atoms with Crippen molar-refractivity contribution in [3.63, 3.8) is 0 Å². The maximum atomic E-state index is 11.4. The first-order valence-corrected chi connectivity index (χ1v) is 5.39. The van der Waals surface area contributed by atoms with Crippen molar-refractivity contribution in [2.24, 2.45) is 7.05 Å². The normalized spacial score (nSPS) is 10.2. The molecule has 0 saturated heterocycles. The van der Waals surface area contributed by atoms with E-state index in [0.29, 0.717) is 11.4 Å². The van der Waals surface area contributed by atoms with Crippen LogP contribution in [0.2, 0.25) is 0 Å². The van der Waals surface area contributed by atoms with E-state index >= 15 is 0 Å². The van der Waals surface area contributed by atoms with E-state index in [1.165, 1.54) is 25.3 Å². The van der Waals surface area contributed by atoms with Crippen LogP contribution in [0.1, 0.15) is 10.4 Å². The van der Waals surface area contributed by atoms with Gasteiger partial charge in [-0.1, -0.05) is 0 Å². The van der Waals surface area contributed by atoms with E-state index in [1.807, 2.05) is 0 Å². The molecule has 7 nitrogen and oxygen atoms in total. The number of nitrogens with zero attached hydrogens (tertiary/aromatic N) is 3. The number of nitro benzene ring substituents is 1. The summed E-state index contributed by atoms with van der Waals surface area (Å²) in [6.07, 6.45) is 3.24. The van der Waals surface area contributed by atoms with Crippen molar-refractivity contribution in [1.29, 1.82) is 0 Å². The Morgan fingerprint density at radius 3 is 2.74 bits per heavy atom. The molecule has 7 heteroatoms. The van der Waals surface area contributed by atoms with E-state index in [0.717, 1.165) is 0 Å². The minimum absolute atomic E-state index is 0.132. The Bertz CT molecular complexity index is 648. The number of imidazole rings is 1. The number of aryl methyl sites for hydroxylation is 1. The number of hydrogen-bond acceptors (Lipinski definition) is 5. The van der Waals surface area contributed by atoms with Crippen molar-refractivity contribution < 1.29 is 14.5 Å². The number of methoxy groups -OCH3 is 1. The third kappa shape index (κ3) is 2.30. The van der Waals surface area contributed by atoms with Crippen LogP contribution in [0.4, 0.5) is 5.69 Å². The molecule has 0 unspecified atom stereocenters. The number of carbonyl (C=O) groups is 1. The quantitative estimate of drug-likeness (QED) is 0.477. The Morgan fingerprint density at radius 2 is 2.21 bits per heavy atom. The van der Waals surface area contributed by atoms with Gasteiger partial charge in [0.05, 0.1) is 23.2 Å². The second kappa shape index (κ2) is 4.89. The molecule has 0 aliphatic heterocycles. The molecule has 1 aromatic carbocycles. The van der Waals surface area contributed by atoms with Gasteiger partial charge in [0.2, 0.25) is 0 Å². The lowest BCUT2D eigenvalue weighted by Crippen LogP contribution is -2.04. The SMILES string of the molecule is COC(=O)c1ccc(-c2nccn2C)c([N+](=O)[O-])c1. The average Bonchev–Trinajstić information content (AvgIpc) is 2.83. The molecular formula is C12H11N3O4. The molecule has 1 heterocycles. The zero-order valence-corrected chi connectivity index (χ0v) is 10.4. The summed E-state index contributed by atoms with van der Waals surface area (Å²) in [6.45, 7) is 0. The summed E-state index contributed by atoms with van der Waals surface area (Å²) in [7, 11) is 2.96. The molecule has 0 bridgehead atoms. The Kier molecular flexibility index (Phi) is 3.28. The lowest BCUT2D eigenvalue weighted by molar-refractivity contribution is -0.384. The molecule has 0 saturated carbocycles. The number of aromatic nitrogens is 2. The van der Waals surface area contributed by atoms with Crippen LogP contribution in [0.5, 0.6) is 0 Å². The molecule has 0 N–H and O–H groups in total. The first-order chi connectivity index (χ1) is 9.04. The molecule has 0 atom stereocenters. The molecule has 2 aromatic rings. The van der Waals surface area contributed by atoms with Crippen LogP contribution in [-0.4, -0.2) is 27.6 Å². The molecule has 1 aromatic heterocycles. The van der Waals surface area contributed by atoms with Crippen LogP contribution in [0, 0.1) is 10.1 Å². The van der Waals surface area contributed by atoms with Crippen LogP contribution in [-0.2, 0) is 11.8 Å². The maximum Gasteiger partial charge on any atom is 0.338 e. The van der Waals surface area contributed by atoms with Crippen LogP contribution in [0.3, 0.4) is 0 Å². The van der Waals surface area contributed by atoms with E-state index < -0.39 is 10.9 Å². The van der Waals surface area contributed by atoms with E-state index in [9.17, 15) is 14.9 Å². The summed E-state index contributed by atoms with van der Waals surface area (Å²) >= 11 is 0. The molecule has 0 aliphatic carbocycles. The smallest absolute Gasteiger partial charge is 0.338 e. The highest BCUT2D eigenvalue weighted by atomic mass is 16.6. The van der Waals surface area contributed by atoms with E-state index in [2.05, 4.69) is 9.72 Å². The second-order valence-corrected chi connectivity index (χ2v) is 3.84. The second-order valence-electron chi connectivity index (χ2n) is 3.84. The molecule has 19 heavy (non-hydrogen) atoms. The van der Waals surface area contributed by atoms with E-state index in [-0.39, 0.29) is 11.3 Å². The highest BCUT2D eigenvalue weighted by Crippen LogP contribution is 2.29. The summed E-state index contributed by atoms with van der Waals surface area (Å²) in [5.74, 6) is -0.155. The highest BCUT2D eigenvalue weighted by molar-refractivity contribution is 5.91. The molecule has 0 radical (unpaired) electrons. The van der Waals surface area contributed by atoms with Crippen molar-refractivity contribution >= 4 is 11.7 Å². The summed E-state index contributed by atoms with van der Waals surface area (Å²) < 4.78 is 6.21. The van der Waals surface area contributed by atoms with Gasteiger partial charge in [-0.15, -0.1) is 0 Å². The Morgan fingerprint density at radius 1 is 1.47 bits per heavy atom. The molecule has 0 spiro atoms. The number of rotatable bonds is 3. The van der Waals surface area contributed by atoms with Gasteiger partial charge in [0.15, 0.2) is 0 Å². The van der Waals surface area contributed by atoms with Gasteiger partial charge in [-0.2, -0.15) is 0 Å². The highest BCUT2D eigenvalue weighted by Gasteiger charge is 2.21. The molecule has 98 valence electrons. The lowest BCUT2D eigenvalue weighted by atomic mass is 10.1.